The maximum Gasteiger partial charge on any atom is 0.248 e. The number of carbonyl (C=O) groups is 1. The number of aromatic nitrogens is 2. The zero-order valence-electron chi connectivity index (χ0n) is 11.0. The average molecular weight is 258 g/mol. The summed E-state index contributed by atoms with van der Waals surface area (Å²) < 4.78 is 2.09. The standard InChI is InChI=1S/C14H18N4O/c1-17-6-4-12(5-7-17)18-13-3-2-10(14(15)19)8-11(13)9-16-18/h2-3,8-9,12H,4-7H2,1H3,(H2,15,19). The number of amides is 1. The van der Waals surface area contributed by atoms with Crippen molar-refractivity contribution in [2.45, 2.75) is 18.9 Å². The summed E-state index contributed by atoms with van der Waals surface area (Å²) in [7, 11) is 2.15. The highest BCUT2D eigenvalue weighted by Crippen LogP contribution is 2.26. The molecule has 1 fully saturated rings. The van der Waals surface area contributed by atoms with Crippen molar-refractivity contribution < 1.29 is 4.79 Å². The summed E-state index contributed by atoms with van der Waals surface area (Å²) in [5, 5.41) is 5.47. The van der Waals surface area contributed by atoms with Crippen molar-refractivity contribution in [1.82, 2.24) is 14.7 Å². The van der Waals surface area contributed by atoms with Gasteiger partial charge in [0.25, 0.3) is 0 Å². The number of hydrogen-bond acceptors (Lipinski definition) is 3. The Morgan fingerprint density at radius 2 is 2.11 bits per heavy atom. The summed E-state index contributed by atoms with van der Waals surface area (Å²) in [4.78, 5) is 13.5. The van der Waals surface area contributed by atoms with Gasteiger partial charge < -0.3 is 10.6 Å². The van der Waals surface area contributed by atoms with E-state index in [0.717, 1.165) is 36.8 Å². The molecule has 2 heterocycles. The second-order valence-corrected chi connectivity index (χ2v) is 5.26. The van der Waals surface area contributed by atoms with Crippen LogP contribution in [0.5, 0.6) is 0 Å². The zero-order chi connectivity index (χ0) is 13.4. The number of hydrogen-bond donors (Lipinski definition) is 1. The van der Waals surface area contributed by atoms with Gasteiger partial charge in [0.15, 0.2) is 0 Å². The van der Waals surface area contributed by atoms with Gasteiger partial charge in [-0.05, 0) is 51.2 Å². The fraction of sp³-hybridized carbons (Fsp3) is 0.429. The largest absolute Gasteiger partial charge is 0.366 e. The number of piperidine rings is 1. The Morgan fingerprint density at radius 3 is 2.79 bits per heavy atom. The lowest BCUT2D eigenvalue weighted by atomic mass is 10.1. The maximum atomic E-state index is 11.2. The third kappa shape index (κ3) is 2.21. The topological polar surface area (TPSA) is 64.2 Å². The molecule has 1 aliphatic heterocycles. The Morgan fingerprint density at radius 1 is 1.37 bits per heavy atom. The molecule has 2 N–H and O–H groups in total. The Balaban J connectivity index is 1.95. The van der Waals surface area contributed by atoms with Gasteiger partial charge in [0.1, 0.15) is 0 Å². The van der Waals surface area contributed by atoms with Crippen LogP contribution in [0.1, 0.15) is 29.2 Å². The van der Waals surface area contributed by atoms with E-state index in [0.29, 0.717) is 11.6 Å². The lowest BCUT2D eigenvalue weighted by Gasteiger charge is -2.29. The molecule has 5 heteroatoms. The monoisotopic (exact) mass is 258 g/mol. The highest BCUT2D eigenvalue weighted by atomic mass is 16.1. The van der Waals surface area contributed by atoms with Crippen molar-refractivity contribution in [2.75, 3.05) is 20.1 Å². The van der Waals surface area contributed by atoms with E-state index in [9.17, 15) is 4.79 Å². The summed E-state index contributed by atoms with van der Waals surface area (Å²) in [5.41, 5.74) is 6.92. The number of carbonyl (C=O) groups excluding carboxylic acids is 1. The molecule has 5 nitrogen and oxygen atoms in total. The lowest BCUT2D eigenvalue weighted by molar-refractivity contribution is 0.100. The molecule has 3 rings (SSSR count). The van der Waals surface area contributed by atoms with Crippen molar-refractivity contribution in [1.29, 1.82) is 0 Å². The molecule has 1 aliphatic rings. The molecule has 0 spiro atoms. The van der Waals surface area contributed by atoms with Crippen LogP contribution in [0.25, 0.3) is 10.9 Å². The third-order valence-electron chi connectivity index (χ3n) is 3.91. The van der Waals surface area contributed by atoms with E-state index in [2.05, 4.69) is 21.7 Å². The summed E-state index contributed by atoms with van der Waals surface area (Å²) in [6.07, 6.45) is 4.05. The van der Waals surface area contributed by atoms with Gasteiger partial charge in [0.05, 0.1) is 17.8 Å². The van der Waals surface area contributed by atoms with Gasteiger partial charge in [-0.1, -0.05) is 0 Å². The highest BCUT2D eigenvalue weighted by molar-refractivity contribution is 5.96. The van der Waals surface area contributed by atoms with Crippen LogP contribution in [-0.4, -0.2) is 40.7 Å². The van der Waals surface area contributed by atoms with Gasteiger partial charge in [-0.2, -0.15) is 5.10 Å². The van der Waals surface area contributed by atoms with E-state index >= 15 is 0 Å². The van der Waals surface area contributed by atoms with E-state index in [1.165, 1.54) is 0 Å². The van der Waals surface area contributed by atoms with E-state index in [4.69, 9.17) is 5.73 Å². The maximum absolute atomic E-state index is 11.2. The van der Waals surface area contributed by atoms with Crippen molar-refractivity contribution in [3.8, 4) is 0 Å². The molecule has 0 radical (unpaired) electrons. The molecule has 1 saturated heterocycles. The van der Waals surface area contributed by atoms with Crippen LogP contribution in [0, 0.1) is 0 Å². The van der Waals surface area contributed by atoms with Crippen molar-refractivity contribution in [3.05, 3.63) is 30.0 Å². The summed E-state index contributed by atoms with van der Waals surface area (Å²) in [5.74, 6) is -0.394. The van der Waals surface area contributed by atoms with E-state index < -0.39 is 5.91 Å². The highest BCUT2D eigenvalue weighted by Gasteiger charge is 2.20. The molecule has 0 bridgehead atoms. The van der Waals surface area contributed by atoms with Crippen molar-refractivity contribution in [3.63, 3.8) is 0 Å². The zero-order valence-corrected chi connectivity index (χ0v) is 11.0. The fourth-order valence-electron chi connectivity index (χ4n) is 2.74. The molecule has 100 valence electrons. The fourth-order valence-corrected chi connectivity index (χ4v) is 2.74. The molecule has 1 aromatic carbocycles. The minimum absolute atomic E-state index is 0.394. The van der Waals surface area contributed by atoms with Crippen molar-refractivity contribution >= 4 is 16.8 Å². The van der Waals surface area contributed by atoms with Crippen LogP contribution in [0.15, 0.2) is 24.4 Å². The minimum Gasteiger partial charge on any atom is -0.366 e. The Hall–Kier alpha value is -1.88. The summed E-state index contributed by atoms with van der Waals surface area (Å²) in [6, 6.07) is 5.99. The van der Waals surface area contributed by atoms with Crippen LogP contribution < -0.4 is 5.73 Å². The first kappa shape index (κ1) is 12.2. The summed E-state index contributed by atoms with van der Waals surface area (Å²) >= 11 is 0. The minimum atomic E-state index is -0.394. The van der Waals surface area contributed by atoms with Crippen molar-refractivity contribution in [2.24, 2.45) is 5.73 Å². The molecule has 1 amide bonds. The third-order valence-corrected chi connectivity index (χ3v) is 3.91. The van der Waals surface area contributed by atoms with E-state index in [1.54, 1.807) is 6.07 Å². The van der Waals surface area contributed by atoms with Crippen LogP contribution in [0.3, 0.4) is 0 Å². The van der Waals surface area contributed by atoms with Gasteiger partial charge in [0, 0.05) is 10.9 Å². The van der Waals surface area contributed by atoms with Gasteiger partial charge in [-0.25, -0.2) is 0 Å². The Labute approximate surface area is 112 Å². The first-order valence-electron chi connectivity index (χ1n) is 6.61. The molecular weight excluding hydrogens is 240 g/mol. The normalized spacial score (nSPS) is 17.9. The molecule has 0 aliphatic carbocycles. The molecule has 0 unspecified atom stereocenters. The number of nitrogens with zero attached hydrogens (tertiary/aromatic N) is 3. The number of primary amides is 1. The van der Waals surface area contributed by atoms with Crippen LogP contribution in [0.4, 0.5) is 0 Å². The number of rotatable bonds is 2. The molecular formula is C14H18N4O. The van der Waals surface area contributed by atoms with E-state index in [1.807, 2.05) is 18.3 Å². The van der Waals surface area contributed by atoms with Gasteiger partial charge >= 0.3 is 0 Å². The van der Waals surface area contributed by atoms with Gasteiger partial charge in [0.2, 0.25) is 5.91 Å². The first-order valence-corrected chi connectivity index (χ1v) is 6.61. The molecule has 0 atom stereocenters. The van der Waals surface area contributed by atoms with Gasteiger partial charge in [-0.15, -0.1) is 0 Å². The van der Waals surface area contributed by atoms with E-state index in [-0.39, 0.29) is 0 Å². The number of likely N-dealkylation sites (tertiary alicyclic amines) is 1. The predicted octanol–water partition coefficient (Wildman–Crippen LogP) is 1.40. The lowest BCUT2D eigenvalue weighted by Crippen LogP contribution is -2.31. The first-order chi connectivity index (χ1) is 9.15. The van der Waals surface area contributed by atoms with Crippen LogP contribution >= 0.6 is 0 Å². The average Bonchev–Trinajstić information content (AvgIpc) is 2.82. The number of fused-ring (bicyclic) bond motifs is 1. The quantitative estimate of drug-likeness (QED) is 0.885. The second kappa shape index (κ2) is 4.66. The Kier molecular flexibility index (Phi) is 2.98. The summed E-state index contributed by atoms with van der Waals surface area (Å²) in [6.45, 7) is 2.21. The number of nitrogens with two attached hydrogens (primary N) is 1. The molecule has 0 saturated carbocycles. The van der Waals surface area contributed by atoms with Crippen LogP contribution in [-0.2, 0) is 0 Å². The predicted molar refractivity (Wildman–Crippen MR) is 74.0 cm³/mol. The second-order valence-electron chi connectivity index (χ2n) is 5.26. The van der Waals surface area contributed by atoms with Crippen LogP contribution in [0.2, 0.25) is 0 Å². The molecule has 2 aromatic rings. The van der Waals surface area contributed by atoms with Gasteiger partial charge in [-0.3, -0.25) is 9.48 Å². The number of benzene rings is 1. The SMILES string of the molecule is CN1CCC(n2ncc3cc(C(N)=O)ccc32)CC1. The molecule has 1 aromatic heterocycles. The molecule has 19 heavy (non-hydrogen) atoms. The Bertz CT molecular complexity index is 611. The smallest absolute Gasteiger partial charge is 0.248 e.